The molecule has 2 amide bonds. The summed E-state index contributed by atoms with van der Waals surface area (Å²) in [7, 11) is 0. The Morgan fingerprint density at radius 1 is 1.07 bits per heavy atom. The fraction of sp³-hybridized carbons (Fsp3) is 0.190. The molecule has 0 aliphatic carbocycles. The number of pyridine rings is 1. The normalized spacial score (nSPS) is 10.5. The lowest BCUT2D eigenvalue weighted by atomic mass is 10.1. The molecule has 0 saturated heterocycles. The summed E-state index contributed by atoms with van der Waals surface area (Å²) in [5.41, 5.74) is 4.06. The highest BCUT2D eigenvalue weighted by Gasteiger charge is 2.14. The van der Waals surface area contributed by atoms with E-state index >= 15 is 0 Å². The molecule has 144 valence electrons. The van der Waals surface area contributed by atoms with Crippen molar-refractivity contribution in [1.82, 2.24) is 4.98 Å². The highest BCUT2D eigenvalue weighted by molar-refractivity contribution is 7.98. The highest BCUT2D eigenvalue weighted by Crippen LogP contribution is 2.31. The van der Waals surface area contributed by atoms with E-state index in [9.17, 15) is 9.59 Å². The zero-order valence-electron chi connectivity index (χ0n) is 15.9. The Morgan fingerprint density at radius 3 is 2.54 bits per heavy atom. The van der Waals surface area contributed by atoms with Gasteiger partial charge in [-0.25, -0.2) is 4.98 Å². The van der Waals surface area contributed by atoms with Crippen LogP contribution in [0.4, 0.5) is 11.5 Å². The predicted molar refractivity (Wildman–Crippen MR) is 116 cm³/mol. The number of aryl methyl sites for hydroxylation is 2. The first kappa shape index (κ1) is 20.1. The number of nitrogens with one attached hydrogen (secondary N) is 2. The van der Waals surface area contributed by atoms with Crippen LogP contribution in [0.5, 0.6) is 0 Å². The molecule has 0 bridgehead atoms. The molecule has 3 aromatic rings. The van der Waals surface area contributed by atoms with E-state index in [0.29, 0.717) is 16.4 Å². The van der Waals surface area contributed by atoms with Gasteiger partial charge in [0.2, 0.25) is 5.91 Å². The number of thioether (sulfide) groups is 1. The van der Waals surface area contributed by atoms with Gasteiger partial charge in [0.15, 0.2) is 0 Å². The van der Waals surface area contributed by atoms with E-state index in [1.165, 1.54) is 18.3 Å². The molecule has 0 aliphatic heterocycles. The minimum Gasteiger partial charge on any atom is -0.321 e. The standard InChI is InChI=1S/C21H21N3O2S2/c1-13-8-14(2)10-17(9-13)24-21(26)20-18(5-7-27-20)28-12-16-4-6-22-19(11-16)23-15(3)25/h4-11H,12H2,1-3H3,(H,24,26)(H,22,23,25). The van der Waals surface area contributed by atoms with Crippen LogP contribution in [0.25, 0.3) is 0 Å². The summed E-state index contributed by atoms with van der Waals surface area (Å²) in [4.78, 5) is 29.7. The lowest BCUT2D eigenvalue weighted by Crippen LogP contribution is -2.11. The van der Waals surface area contributed by atoms with E-state index in [1.807, 2.05) is 49.6 Å². The molecule has 2 aromatic heterocycles. The lowest BCUT2D eigenvalue weighted by molar-refractivity contribution is -0.114. The zero-order chi connectivity index (χ0) is 20.1. The molecule has 1 aromatic carbocycles. The summed E-state index contributed by atoms with van der Waals surface area (Å²) in [6, 6.07) is 11.7. The monoisotopic (exact) mass is 411 g/mol. The molecule has 0 saturated carbocycles. The maximum Gasteiger partial charge on any atom is 0.266 e. The van der Waals surface area contributed by atoms with Gasteiger partial charge < -0.3 is 10.6 Å². The summed E-state index contributed by atoms with van der Waals surface area (Å²) in [5.74, 6) is 0.954. The topological polar surface area (TPSA) is 71.1 Å². The second kappa shape index (κ2) is 9.03. The highest BCUT2D eigenvalue weighted by atomic mass is 32.2. The molecule has 7 heteroatoms. The van der Waals surface area contributed by atoms with E-state index in [0.717, 1.165) is 27.3 Å². The molecule has 5 nitrogen and oxygen atoms in total. The second-order valence-corrected chi connectivity index (χ2v) is 8.40. The van der Waals surface area contributed by atoms with E-state index in [2.05, 4.69) is 21.7 Å². The fourth-order valence-electron chi connectivity index (χ4n) is 2.79. The van der Waals surface area contributed by atoms with Crippen molar-refractivity contribution in [2.45, 2.75) is 31.4 Å². The molecule has 0 fully saturated rings. The van der Waals surface area contributed by atoms with Gasteiger partial charge in [0.1, 0.15) is 10.7 Å². The van der Waals surface area contributed by atoms with Crippen LogP contribution in [0.3, 0.4) is 0 Å². The van der Waals surface area contributed by atoms with Crippen molar-refractivity contribution in [3.05, 3.63) is 69.5 Å². The number of amides is 2. The zero-order valence-corrected chi connectivity index (χ0v) is 17.5. The van der Waals surface area contributed by atoms with Gasteiger partial charge in [-0.1, -0.05) is 6.07 Å². The van der Waals surface area contributed by atoms with Gasteiger partial charge in [0, 0.05) is 29.5 Å². The Kier molecular flexibility index (Phi) is 6.49. The number of hydrogen-bond donors (Lipinski definition) is 2. The third-order valence-corrected chi connectivity index (χ3v) is 6.01. The molecule has 3 rings (SSSR count). The molecule has 28 heavy (non-hydrogen) atoms. The summed E-state index contributed by atoms with van der Waals surface area (Å²) in [5, 5.41) is 7.60. The van der Waals surface area contributed by atoms with E-state index < -0.39 is 0 Å². The van der Waals surface area contributed by atoms with Gasteiger partial charge in [0.05, 0.1) is 0 Å². The summed E-state index contributed by atoms with van der Waals surface area (Å²) in [6.07, 6.45) is 1.67. The first-order chi connectivity index (χ1) is 13.4. The van der Waals surface area contributed by atoms with E-state index in [4.69, 9.17) is 0 Å². The molecular weight excluding hydrogens is 390 g/mol. The number of aromatic nitrogens is 1. The summed E-state index contributed by atoms with van der Waals surface area (Å²) < 4.78 is 0. The van der Waals surface area contributed by atoms with E-state index in [1.54, 1.807) is 18.0 Å². The third kappa shape index (κ3) is 5.43. The molecule has 0 unspecified atom stereocenters. The van der Waals surface area contributed by atoms with Crippen molar-refractivity contribution in [2.24, 2.45) is 0 Å². The van der Waals surface area contributed by atoms with Gasteiger partial charge in [0.25, 0.3) is 5.91 Å². The molecular formula is C21H21N3O2S2. The minimum atomic E-state index is -0.152. The number of nitrogens with zero attached hydrogens (tertiary/aromatic N) is 1. The average molecular weight is 412 g/mol. The van der Waals surface area contributed by atoms with Gasteiger partial charge in [-0.2, -0.15) is 0 Å². The predicted octanol–water partition coefficient (Wildman–Crippen LogP) is 5.26. The molecule has 0 radical (unpaired) electrons. The van der Waals surface area contributed by atoms with Gasteiger partial charge in [-0.15, -0.1) is 23.1 Å². The molecule has 0 spiro atoms. The Morgan fingerprint density at radius 2 is 1.82 bits per heavy atom. The van der Waals surface area contributed by atoms with Crippen molar-refractivity contribution in [1.29, 1.82) is 0 Å². The van der Waals surface area contributed by atoms with Crippen LogP contribution in [0.1, 0.15) is 33.3 Å². The van der Waals surface area contributed by atoms with Crippen LogP contribution in [0, 0.1) is 13.8 Å². The number of carbonyl (C=O) groups excluding carboxylic acids is 2. The summed E-state index contributed by atoms with van der Waals surface area (Å²) >= 11 is 3.02. The Bertz CT molecular complexity index is 994. The van der Waals surface area contributed by atoms with Crippen LogP contribution in [0.15, 0.2) is 52.9 Å². The minimum absolute atomic E-state index is 0.101. The summed E-state index contributed by atoms with van der Waals surface area (Å²) in [6.45, 7) is 5.48. The number of hydrogen-bond acceptors (Lipinski definition) is 5. The Balaban J connectivity index is 1.68. The van der Waals surface area contributed by atoms with Crippen molar-refractivity contribution < 1.29 is 9.59 Å². The second-order valence-electron chi connectivity index (χ2n) is 6.46. The Hall–Kier alpha value is -2.64. The SMILES string of the molecule is CC(=O)Nc1cc(CSc2ccsc2C(=O)Nc2cc(C)cc(C)c2)ccn1. The smallest absolute Gasteiger partial charge is 0.266 e. The number of anilines is 2. The fourth-order valence-corrected chi connectivity index (χ4v) is 4.76. The molecule has 2 heterocycles. The van der Waals surface area contributed by atoms with Crippen LogP contribution >= 0.6 is 23.1 Å². The molecule has 0 aliphatic rings. The van der Waals surface area contributed by atoms with Crippen molar-refractivity contribution in [2.75, 3.05) is 10.6 Å². The van der Waals surface area contributed by atoms with Gasteiger partial charge in [-0.05, 0) is 66.2 Å². The van der Waals surface area contributed by atoms with Crippen molar-refractivity contribution >= 4 is 46.4 Å². The number of carbonyl (C=O) groups is 2. The maximum absolute atomic E-state index is 12.7. The number of thiophene rings is 1. The lowest BCUT2D eigenvalue weighted by Gasteiger charge is -2.09. The van der Waals surface area contributed by atoms with E-state index in [-0.39, 0.29) is 11.8 Å². The first-order valence-electron chi connectivity index (χ1n) is 8.73. The number of rotatable bonds is 6. The number of benzene rings is 1. The van der Waals surface area contributed by atoms with Crippen molar-refractivity contribution in [3.8, 4) is 0 Å². The largest absolute Gasteiger partial charge is 0.321 e. The quantitative estimate of drug-likeness (QED) is 0.543. The van der Waals surface area contributed by atoms with Crippen LogP contribution in [0.2, 0.25) is 0 Å². The van der Waals surface area contributed by atoms with Crippen LogP contribution in [-0.2, 0) is 10.5 Å². The maximum atomic E-state index is 12.7. The molecule has 2 N–H and O–H groups in total. The van der Waals surface area contributed by atoms with Crippen molar-refractivity contribution in [3.63, 3.8) is 0 Å². The van der Waals surface area contributed by atoms with Gasteiger partial charge >= 0.3 is 0 Å². The van der Waals surface area contributed by atoms with Gasteiger partial charge in [-0.3, -0.25) is 9.59 Å². The average Bonchev–Trinajstić information content (AvgIpc) is 3.07. The molecule has 0 atom stereocenters. The third-order valence-electron chi connectivity index (χ3n) is 3.84. The Labute approximate surface area is 172 Å². The van der Waals surface area contributed by atoms with Crippen LogP contribution < -0.4 is 10.6 Å². The van der Waals surface area contributed by atoms with Crippen LogP contribution in [-0.4, -0.2) is 16.8 Å². The first-order valence-corrected chi connectivity index (χ1v) is 10.6.